The molecule has 0 aliphatic carbocycles. The lowest BCUT2D eigenvalue weighted by atomic mass is 9.74. The van der Waals surface area contributed by atoms with Crippen molar-refractivity contribution >= 4 is 11.8 Å². The van der Waals surface area contributed by atoms with E-state index in [0.29, 0.717) is 5.41 Å². The van der Waals surface area contributed by atoms with E-state index in [1.165, 1.54) is 57.1 Å². The van der Waals surface area contributed by atoms with Gasteiger partial charge in [-0.15, -0.1) is 0 Å². The normalized spacial score (nSPS) is 29.2. The van der Waals surface area contributed by atoms with E-state index in [9.17, 15) is 0 Å². The highest BCUT2D eigenvalue weighted by molar-refractivity contribution is 7.99. The summed E-state index contributed by atoms with van der Waals surface area (Å²) in [6, 6.07) is 0. The fraction of sp³-hybridized carbons (Fsp3) is 1.00. The highest BCUT2D eigenvalue weighted by Crippen LogP contribution is 2.33. The second-order valence-corrected chi connectivity index (χ2v) is 7.15. The highest BCUT2D eigenvalue weighted by Gasteiger charge is 2.32. The first-order chi connectivity index (χ1) is 7.68. The van der Waals surface area contributed by atoms with E-state index in [2.05, 4.69) is 35.8 Å². The Labute approximate surface area is 105 Å². The summed E-state index contributed by atoms with van der Waals surface area (Å²) in [5.74, 6) is 3.54. The van der Waals surface area contributed by atoms with Crippen LogP contribution in [0.25, 0.3) is 0 Å². The van der Waals surface area contributed by atoms with Gasteiger partial charge in [0.25, 0.3) is 0 Å². The fourth-order valence-corrected chi connectivity index (χ4v) is 3.96. The summed E-state index contributed by atoms with van der Waals surface area (Å²) in [5, 5.41) is 3.56. The molecular weight excluding hydrogens is 216 g/mol. The second-order valence-electron chi connectivity index (χ2n) is 5.92. The van der Waals surface area contributed by atoms with Crippen LogP contribution in [0, 0.1) is 11.3 Å². The van der Waals surface area contributed by atoms with Gasteiger partial charge < -0.3 is 10.2 Å². The van der Waals surface area contributed by atoms with E-state index in [1.807, 2.05) is 0 Å². The van der Waals surface area contributed by atoms with Crippen molar-refractivity contribution in [1.29, 1.82) is 0 Å². The third-order valence-electron chi connectivity index (χ3n) is 4.14. The molecule has 16 heavy (non-hydrogen) atoms. The SMILES string of the molecule is CC(C)(CN1CCSCC1)C1CCCNC1. The van der Waals surface area contributed by atoms with Crippen LogP contribution in [-0.4, -0.2) is 49.1 Å². The van der Waals surface area contributed by atoms with Gasteiger partial charge in [-0.3, -0.25) is 0 Å². The predicted octanol–water partition coefficient (Wildman–Crippen LogP) is 2.06. The minimum absolute atomic E-state index is 0.482. The summed E-state index contributed by atoms with van der Waals surface area (Å²) in [7, 11) is 0. The molecule has 2 saturated heterocycles. The zero-order valence-electron chi connectivity index (χ0n) is 10.8. The van der Waals surface area contributed by atoms with E-state index >= 15 is 0 Å². The van der Waals surface area contributed by atoms with Crippen LogP contribution in [0.1, 0.15) is 26.7 Å². The first kappa shape index (κ1) is 12.7. The zero-order chi connectivity index (χ0) is 11.4. The summed E-state index contributed by atoms with van der Waals surface area (Å²) in [5.41, 5.74) is 0.482. The van der Waals surface area contributed by atoms with Crippen molar-refractivity contribution in [2.45, 2.75) is 26.7 Å². The van der Waals surface area contributed by atoms with Crippen LogP contribution in [0.2, 0.25) is 0 Å². The zero-order valence-corrected chi connectivity index (χ0v) is 11.6. The molecule has 0 aromatic rings. The number of piperidine rings is 1. The summed E-state index contributed by atoms with van der Waals surface area (Å²) in [6.45, 7) is 11.3. The van der Waals surface area contributed by atoms with Crippen molar-refractivity contribution in [1.82, 2.24) is 10.2 Å². The molecule has 0 aromatic heterocycles. The van der Waals surface area contributed by atoms with E-state index in [1.54, 1.807) is 0 Å². The number of nitrogens with zero attached hydrogens (tertiary/aromatic N) is 1. The Bertz CT molecular complexity index is 206. The molecule has 2 fully saturated rings. The van der Waals surface area contributed by atoms with Gasteiger partial charge >= 0.3 is 0 Å². The van der Waals surface area contributed by atoms with Crippen LogP contribution in [0.4, 0.5) is 0 Å². The van der Waals surface area contributed by atoms with Gasteiger partial charge in [-0.05, 0) is 37.3 Å². The molecule has 1 atom stereocenters. The van der Waals surface area contributed by atoms with Gasteiger partial charge in [-0.25, -0.2) is 0 Å². The van der Waals surface area contributed by atoms with E-state index in [-0.39, 0.29) is 0 Å². The molecule has 0 amide bonds. The number of thioether (sulfide) groups is 1. The van der Waals surface area contributed by atoms with Gasteiger partial charge in [0.05, 0.1) is 0 Å². The Morgan fingerprint density at radius 1 is 1.31 bits per heavy atom. The van der Waals surface area contributed by atoms with Gasteiger partial charge in [0.1, 0.15) is 0 Å². The first-order valence-electron chi connectivity index (χ1n) is 6.69. The maximum absolute atomic E-state index is 3.56. The number of nitrogens with one attached hydrogen (secondary N) is 1. The minimum Gasteiger partial charge on any atom is -0.316 e. The Morgan fingerprint density at radius 3 is 2.69 bits per heavy atom. The average Bonchev–Trinajstić information content (AvgIpc) is 2.31. The Balaban J connectivity index is 1.84. The fourth-order valence-electron chi connectivity index (χ4n) is 2.98. The molecule has 2 nitrogen and oxygen atoms in total. The van der Waals surface area contributed by atoms with Gasteiger partial charge in [0, 0.05) is 31.1 Å². The molecule has 0 saturated carbocycles. The van der Waals surface area contributed by atoms with Crippen LogP contribution in [0.5, 0.6) is 0 Å². The van der Waals surface area contributed by atoms with Crippen molar-refractivity contribution in [3.63, 3.8) is 0 Å². The van der Waals surface area contributed by atoms with Crippen LogP contribution < -0.4 is 5.32 Å². The summed E-state index contributed by atoms with van der Waals surface area (Å²) in [6.07, 6.45) is 2.78. The molecule has 3 heteroatoms. The molecule has 2 rings (SSSR count). The van der Waals surface area contributed by atoms with Crippen molar-refractivity contribution in [3.05, 3.63) is 0 Å². The molecule has 2 heterocycles. The third kappa shape index (κ3) is 3.38. The Morgan fingerprint density at radius 2 is 2.06 bits per heavy atom. The average molecular weight is 242 g/mol. The standard InChI is InChI=1S/C13H26N2S/c1-13(2,12-4-3-5-14-10-12)11-15-6-8-16-9-7-15/h12,14H,3-11H2,1-2H3. The lowest BCUT2D eigenvalue weighted by Gasteiger charge is -2.41. The number of hydrogen-bond donors (Lipinski definition) is 1. The van der Waals surface area contributed by atoms with Crippen molar-refractivity contribution in [3.8, 4) is 0 Å². The molecule has 1 N–H and O–H groups in total. The van der Waals surface area contributed by atoms with Crippen LogP contribution in [0.15, 0.2) is 0 Å². The minimum atomic E-state index is 0.482. The van der Waals surface area contributed by atoms with E-state index in [4.69, 9.17) is 0 Å². The van der Waals surface area contributed by atoms with Crippen molar-refractivity contribution < 1.29 is 0 Å². The third-order valence-corrected chi connectivity index (χ3v) is 5.08. The van der Waals surface area contributed by atoms with E-state index < -0.39 is 0 Å². The summed E-state index contributed by atoms with van der Waals surface area (Å²) >= 11 is 2.11. The second kappa shape index (κ2) is 5.74. The Kier molecular flexibility index (Phi) is 4.57. The highest BCUT2D eigenvalue weighted by atomic mass is 32.2. The lowest BCUT2D eigenvalue weighted by molar-refractivity contribution is 0.106. The van der Waals surface area contributed by atoms with E-state index in [0.717, 1.165) is 5.92 Å². The molecule has 2 aliphatic rings. The molecule has 0 spiro atoms. The van der Waals surface area contributed by atoms with Crippen LogP contribution in [-0.2, 0) is 0 Å². The van der Waals surface area contributed by atoms with Gasteiger partial charge in [0.15, 0.2) is 0 Å². The number of hydrogen-bond acceptors (Lipinski definition) is 3. The molecule has 1 unspecified atom stereocenters. The number of rotatable bonds is 3. The quantitative estimate of drug-likeness (QED) is 0.815. The lowest BCUT2D eigenvalue weighted by Crippen LogP contribution is -2.46. The molecule has 0 bridgehead atoms. The molecule has 0 aromatic carbocycles. The maximum atomic E-state index is 3.56. The van der Waals surface area contributed by atoms with Gasteiger partial charge in [-0.2, -0.15) is 11.8 Å². The predicted molar refractivity (Wildman–Crippen MR) is 73.1 cm³/mol. The molecule has 2 aliphatic heterocycles. The maximum Gasteiger partial charge on any atom is 0.00729 e. The Hall–Kier alpha value is 0.270. The molecule has 94 valence electrons. The molecule has 0 radical (unpaired) electrons. The van der Waals surface area contributed by atoms with Crippen molar-refractivity contribution in [2.75, 3.05) is 44.2 Å². The monoisotopic (exact) mass is 242 g/mol. The first-order valence-corrected chi connectivity index (χ1v) is 7.85. The van der Waals surface area contributed by atoms with Gasteiger partial charge in [0.2, 0.25) is 0 Å². The topological polar surface area (TPSA) is 15.3 Å². The smallest absolute Gasteiger partial charge is 0.00729 e. The van der Waals surface area contributed by atoms with Gasteiger partial charge in [-0.1, -0.05) is 13.8 Å². The van der Waals surface area contributed by atoms with Crippen LogP contribution in [0.3, 0.4) is 0 Å². The van der Waals surface area contributed by atoms with Crippen molar-refractivity contribution in [2.24, 2.45) is 11.3 Å². The summed E-state index contributed by atoms with van der Waals surface area (Å²) < 4.78 is 0. The molecular formula is C13H26N2S. The summed E-state index contributed by atoms with van der Waals surface area (Å²) in [4.78, 5) is 2.67. The largest absolute Gasteiger partial charge is 0.316 e. The van der Waals surface area contributed by atoms with Crippen LogP contribution >= 0.6 is 11.8 Å².